The molecule has 0 amide bonds. The highest BCUT2D eigenvalue weighted by Gasteiger charge is 2.22. The van der Waals surface area contributed by atoms with Gasteiger partial charge in [-0.1, -0.05) is 30.3 Å². The second-order valence-corrected chi connectivity index (χ2v) is 5.95. The van der Waals surface area contributed by atoms with Crippen LogP contribution in [0.4, 0.5) is 0 Å². The van der Waals surface area contributed by atoms with Gasteiger partial charge in [0.2, 0.25) is 0 Å². The number of aryl methyl sites for hydroxylation is 1. The van der Waals surface area contributed by atoms with Crippen molar-refractivity contribution in [1.82, 2.24) is 0 Å². The molecule has 0 radical (unpaired) electrons. The number of carbonyl (C=O) groups excluding carboxylic acids is 1. The summed E-state index contributed by atoms with van der Waals surface area (Å²) in [6.07, 6.45) is 4.62. The second-order valence-electron chi connectivity index (χ2n) is 5.95. The van der Waals surface area contributed by atoms with Gasteiger partial charge in [0, 0.05) is 11.8 Å². The molecule has 0 saturated heterocycles. The average molecular weight is 298 g/mol. The Morgan fingerprint density at radius 3 is 2.68 bits per heavy atom. The smallest absolute Gasteiger partial charge is 0.305 e. The summed E-state index contributed by atoms with van der Waals surface area (Å²) in [6.45, 7) is 0.615. The zero-order valence-corrected chi connectivity index (χ0v) is 13.0. The van der Waals surface area contributed by atoms with E-state index >= 15 is 0 Å². The maximum atomic E-state index is 11.7. The van der Waals surface area contributed by atoms with Gasteiger partial charge in [0.05, 0.1) is 13.7 Å². The Labute approximate surface area is 131 Å². The molecule has 1 fully saturated rings. The van der Waals surface area contributed by atoms with Crippen LogP contribution in [0.5, 0.6) is 5.75 Å². The Morgan fingerprint density at radius 2 is 1.91 bits per heavy atom. The number of rotatable bonds is 7. The molecule has 3 rings (SSSR count). The van der Waals surface area contributed by atoms with Crippen LogP contribution in [-0.4, -0.2) is 19.7 Å². The van der Waals surface area contributed by atoms with E-state index in [1.165, 1.54) is 23.8 Å². The Bertz CT molecular complexity index is 659. The minimum Gasteiger partial charge on any atom is -0.496 e. The van der Waals surface area contributed by atoms with Crippen LogP contribution in [0.25, 0.3) is 10.8 Å². The third-order valence-corrected chi connectivity index (χ3v) is 4.20. The van der Waals surface area contributed by atoms with E-state index in [0.29, 0.717) is 18.9 Å². The first-order valence-corrected chi connectivity index (χ1v) is 7.98. The molecule has 2 aromatic carbocycles. The molecule has 0 aromatic heterocycles. The predicted octanol–water partition coefficient (Wildman–Crippen LogP) is 4.12. The fourth-order valence-electron chi connectivity index (χ4n) is 2.73. The lowest BCUT2D eigenvalue weighted by Gasteiger charge is -2.10. The molecule has 0 aliphatic heterocycles. The van der Waals surface area contributed by atoms with Gasteiger partial charge >= 0.3 is 5.97 Å². The molecule has 2 aromatic rings. The van der Waals surface area contributed by atoms with Crippen LogP contribution in [-0.2, 0) is 16.0 Å². The summed E-state index contributed by atoms with van der Waals surface area (Å²) in [6, 6.07) is 12.3. The summed E-state index contributed by atoms with van der Waals surface area (Å²) in [7, 11) is 1.69. The van der Waals surface area contributed by atoms with Gasteiger partial charge in [-0.15, -0.1) is 0 Å². The minimum atomic E-state index is -0.0651. The Kier molecular flexibility index (Phi) is 4.62. The fraction of sp³-hybridized carbons (Fsp3) is 0.421. The van der Waals surface area contributed by atoms with Crippen molar-refractivity contribution in [3.8, 4) is 5.75 Å². The summed E-state index contributed by atoms with van der Waals surface area (Å²) >= 11 is 0. The van der Waals surface area contributed by atoms with Crippen molar-refractivity contribution >= 4 is 16.7 Å². The summed E-state index contributed by atoms with van der Waals surface area (Å²) in [5.74, 6) is 1.46. The van der Waals surface area contributed by atoms with Gasteiger partial charge in [-0.05, 0) is 48.6 Å². The number of fused-ring (bicyclic) bond motifs is 1. The number of hydrogen-bond acceptors (Lipinski definition) is 3. The third kappa shape index (κ3) is 3.59. The highest BCUT2D eigenvalue weighted by Crippen LogP contribution is 2.29. The highest BCUT2D eigenvalue weighted by molar-refractivity contribution is 5.91. The molecule has 3 heteroatoms. The van der Waals surface area contributed by atoms with E-state index < -0.39 is 0 Å². The van der Waals surface area contributed by atoms with Crippen molar-refractivity contribution in [1.29, 1.82) is 0 Å². The predicted molar refractivity (Wildman–Crippen MR) is 87.1 cm³/mol. The Morgan fingerprint density at radius 1 is 1.14 bits per heavy atom. The molecule has 1 aliphatic carbocycles. The molecule has 116 valence electrons. The summed E-state index contributed by atoms with van der Waals surface area (Å²) in [4.78, 5) is 11.7. The van der Waals surface area contributed by atoms with Gasteiger partial charge in [-0.2, -0.15) is 0 Å². The van der Waals surface area contributed by atoms with E-state index in [0.717, 1.165) is 24.0 Å². The van der Waals surface area contributed by atoms with Gasteiger partial charge in [0.15, 0.2) is 0 Å². The standard InChI is InChI=1S/C19H22O3/c1-21-18-9-4-7-16-15(5-2-8-17(16)18)6-3-10-19(20)22-13-14-11-12-14/h2,4-5,7-9,14H,3,6,10-13H2,1H3. The maximum absolute atomic E-state index is 11.7. The summed E-state index contributed by atoms with van der Waals surface area (Å²) in [5, 5.41) is 2.33. The molecule has 0 unspecified atom stereocenters. The Hall–Kier alpha value is -2.03. The van der Waals surface area contributed by atoms with Crippen molar-refractivity contribution in [3.63, 3.8) is 0 Å². The number of carbonyl (C=O) groups is 1. The number of hydrogen-bond donors (Lipinski definition) is 0. The first kappa shape index (κ1) is 14.9. The minimum absolute atomic E-state index is 0.0651. The van der Waals surface area contributed by atoms with Crippen LogP contribution in [0.1, 0.15) is 31.2 Å². The lowest BCUT2D eigenvalue weighted by atomic mass is 9.99. The molecular weight excluding hydrogens is 276 g/mol. The molecule has 0 bridgehead atoms. The van der Waals surface area contributed by atoms with Gasteiger partial charge in [-0.3, -0.25) is 4.79 Å². The quantitative estimate of drug-likeness (QED) is 0.721. The Balaban J connectivity index is 1.60. The zero-order valence-electron chi connectivity index (χ0n) is 13.0. The first-order chi connectivity index (χ1) is 10.8. The molecule has 3 nitrogen and oxygen atoms in total. The highest BCUT2D eigenvalue weighted by atomic mass is 16.5. The van der Waals surface area contributed by atoms with E-state index in [4.69, 9.17) is 9.47 Å². The van der Waals surface area contributed by atoms with Crippen LogP contribution in [0.3, 0.4) is 0 Å². The molecule has 0 atom stereocenters. The molecule has 1 aliphatic rings. The van der Waals surface area contributed by atoms with Crippen LogP contribution < -0.4 is 4.74 Å². The molecular formula is C19H22O3. The van der Waals surface area contributed by atoms with Crippen molar-refractivity contribution in [3.05, 3.63) is 42.0 Å². The summed E-state index contributed by atoms with van der Waals surface area (Å²) in [5.41, 5.74) is 1.26. The monoisotopic (exact) mass is 298 g/mol. The zero-order chi connectivity index (χ0) is 15.4. The van der Waals surface area contributed by atoms with Gasteiger partial charge < -0.3 is 9.47 Å². The van der Waals surface area contributed by atoms with Crippen molar-refractivity contribution in [2.24, 2.45) is 5.92 Å². The SMILES string of the molecule is COc1cccc2c(CCCC(=O)OCC3CC3)cccc12. The van der Waals surface area contributed by atoms with Crippen molar-refractivity contribution in [2.45, 2.75) is 32.1 Å². The molecule has 1 saturated carbocycles. The topological polar surface area (TPSA) is 35.5 Å². The number of esters is 1. The van der Waals surface area contributed by atoms with Gasteiger partial charge in [0.1, 0.15) is 5.75 Å². The van der Waals surface area contributed by atoms with Crippen molar-refractivity contribution < 1.29 is 14.3 Å². The largest absolute Gasteiger partial charge is 0.496 e. The number of benzene rings is 2. The van der Waals surface area contributed by atoms with Crippen LogP contribution >= 0.6 is 0 Å². The van der Waals surface area contributed by atoms with E-state index in [-0.39, 0.29) is 5.97 Å². The molecule has 22 heavy (non-hydrogen) atoms. The summed E-state index contributed by atoms with van der Waals surface area (Å²) < 4.78 is 10.7. The lowest BCUT2D eigenvalue weighted by molar-refractivity contribution is -0.144. The fourth-order valence-corrected chi connectivity index (χ4v) is 2.73. The maximum Gasteiger partial charge on any atom is 0.305 e. The molecule has 0 N–H and O–H groups in total. The number of methoxy groups -OCH3 is 1. The third-order valence-electron chi connectivity index (χ3n) is 4.20. The van der Waals surface area contributed by atoms with E-state index in [1.807, 2.05) is 18.2 Å². The molecule has 0 heterocycles. The molecule has 0 spiro atoms. The second kappa shape index (κ2) is 6.82. The van der Waals surface area contributed by atoms with Gasteiger partial charge in [-0.25, -0.2) is 0 Å². The van der Waals surface area contributed by atoms with Crippen molar-refractivity contribution in [2.75, 3.05) is 13.7 Å². The first-order valence-electron chi connectivity index (χ1n) is 7.98. The average Bonchev–Trinajstić information content (AvgIpc) is 3.37. The van der Waals surface area contributed by atoms with E-state index in [2.05, 4.69) is 18.2 Å². The van der Waals surface area contributed by atoms with Crippen LogP contribution in [0, 0.1) is 5.92 Å². The van der Waals surface area contributed by atoms with Crippen LogP contribution in [0.15, 0.2) is 36.4 Å². The van der Waals surface area contributed by atoms with Gasteiger partial charge in [0.25, 0.3) is 0 Å². The lowest BCUT2D eigenvalue weighted by Crippen LogP contribution is -2.07. The van der Waals surface area contributed by atoms with Crippen LogP contribution in [0.2, 0.25) is 0 Å². The number of ether oxygens (including phenoxy) is 2. The van der Waals surface area contributed by atoms with E-state index in [1.54, 1.807) is 7.11 Å². The normalized spacial score (nSPS) is 14.0. The van der Waals surface area contributed by atoms with E-state index in [9.17, 15) is 4.79 Å².